The second-order valence-electron chi connectivity index (χ2n) is 8.37. The van der Waals surface area contributed by atoms with E-state index in [1.165, 1.54) is 18.5 Å². The van der Waals surface area contributed by atoms with Gasteiger partial charge in [0.25, 0.3) is 0 Å². The Balaban J connectivity index is 1.39. The van der Waals surface area contributed by atoms with Gasteiger partial charge in [-0.05, 0) is 48.4 Å². The van der Waals surface area contributed by atoms with Crippen molar-refractivity contribution in [3.05, 3.63) is 113 Å². The van der Waals surface area contributed by atoms with Crippen molar-refractivity contribution in [2.75, 3.05) is 12.4 Å². The van der Waals surface area contributed by atoms with Crippen LogP contribution in [0.3, 0.4) is 0 Å². The third-order valence-electron chi connectivity index (χ3n) is 5.55. The van der Waals surface area contributed by atoms with Gasteiger partial charge in [0.05, 0.1) is 25.5 Å². The molecule has 1 N–H and O–H groups in total. The fourth-order valence-corrected chi connectivity index (χ4v) is 3.66. The molecular weight excluding hydrogens is 502 g/mol. The summed E-state index contributed by atoms with van der Waals surface area (Å²) in [5.41, 5.74) is 2.14. The van der Waals surface area contributed by atoms with E-state index in [1.54, 1.807) is 25.3 Å². The number of nitrogens with zero attached hydrogens (tertiary/aromatic N) is 2. The number of halogens is 4. The number of anilines is 1. The van der Waals surface area contributed by atoms with E-state index in [-0.39, 0.29) is 18.4 Å². The molecule has 1 amide bonds. The van der Waals surface area contributed by atoms with Crippen LogP contribution in [0, 0.1) is 30.2 Å². The minimum atomic E-state index is -1.77. The molecule has 0 atom stereocenters. The van der Waals surface area contributed by atoms with Crippen LogP contribution in [0.1, 0.15) is 22.3 Å². The minimum Gasteiger partial charge on any atom is -0.496 e. The molecule has 196 valence electrons. The maximum absolute atomic E-state index is 13.9. The number of nitrogens with one attached hydrogen (secondary N) is 1. The van der Waals surface area contributed by atoms with Gasteiger partial charge in [-0.25, -0.2) is 17.6 Å². The van der Waals surface area contributed by atoms with Gasteiger partial charge in [0.15, 0.2) is 17.5 Å². The molecule has 0 saturated heterocycles. The fraction of sp³-hybridized carbons (Fsp3) is 0.143. The molecule has 0 fully saturated rings. The summed E-state index contributed by atoms with van der Waals surface area (Å²) >= 11 is 0. The van der Waals surface area contributed by atoms with E-state index in [2.05, 4.69) is 10.4 Å². The number of hydrogen-bond donors (Lipinski definition) is 1. The summed E-state index contributed by atoms with van der Waals surface area (Å²) < 4.78 is 66.8. The smallest absolute Gasteiger partial charge is 0.248 e. The number of carbonyl (C=O) groups excluding carboxylic acids is 1. The van der Waals surface area contributed by atoms with Crippen LogP contribution in [0.2, 0.25) is 0 Å². The van der Waals surface area contributed by atoms with Gasteiger partial charge in [-0.3, -0.25) is 9.48 Å². The molecule has 0 unspecified atom stereocenters. The van der Waals surface area contributed by atoms with Gasteiger partial charge in [-0.15, -0.1) is 0 Å². The fourth-order valence-electron chi connectivity index (χ4n) is 3.66. The Bertz CT molecular complexity index is 1500. The van der Waals surface area contributed by atoms with Crippen LogP contribution >= 0.6 is 0 Å². The van der Waals surface area contributed by atoms with E-state index < -0.39 is 41.3 Å². The third kappa shape index (κ3) is 6.39. The van der Waals surface area contributed by atoms with Crippen molar-refractivity contribution in [2.24, 2.45) is 0 Å². The number of amides is 1. The van der Waals surface area contributed by atoms with Crippen LogP contribution in [0.4, 0.5) is 23.2 Å². The molecule has 1 aromatic heterocycles. The van der Waals surface area contributed by atoms with E-state index in [4.69, 9.17) is 9.47 Å². The number of aryl methyl sites for hydroxylation is 1. The molecule has 4 rings (SSSR count). The number of aromatic nitrogens is 2. The lowest BCUT2D eigenvalue weighted by molar-refractivity contribution is -0.111. The zero-order valence-electron chi connectivity index (χ0n) is 20.5. The number of rotatable bonds is 9. The van der Waals surface area contributed by atoms with Crippen LogP contribution in [0.25, 0.3) is 6.08 Å². The zero-order valence-corrected chi connectivity index (χ0v) is 20.5. The van der Waals surface area contributed by atoms with Crippen molar-refractivity contribution in [3.63, 3.8) is 0 Å². The van der Waals surface area contributed by atoms with Gasteiger partial charge in [0.1, 0.15) is 23.9 Å². The number of benzene rings is 3. The third-order valence-corrected chi connectivity index (χ3v) is 5.55. The van der Waals surface area contributed by atoms with E-state index in [1.807, 2.05) is 37.3 Å². The lowest BCUT2D eigenvalue weighted by Gasteiger charge is -2.11. The largest absolute Gasteiger partial charge is 0.496 e. The second kappa shape index (κ2) is 11.6. The predicted molar refractivity (Wildman–Crippen MR) is 134 cm³/mol. The lowest BCUT2D eigenvalue weighted by atomic mass is 10.1. The first-order chi connectivity index (χ1) is 18.2. The normalized spacial score (nSPS) is 11.1. The summed E-state index contributed by atoms with van der Waals surface area (Å²) in [6.07, 6.45) is 5.47. The van der Waals surface area contributed by atoms with Crippen molar-refractivity contribution in [1.29, 1.82) is 0 Å². The van der Waals surface area contributed by atoms with Gasteiger partial charge in [0.2, 0.25) is 5.91 Å². The van der Waals surface area contributed by atoms with Crippen molar-refractivity contribution in [1.82, 2.24) is 9.78 Å². The van der Waals surface area contributed by atoms with Gasteiger partial charge in [-0.2, -0.15) is 5.10 Å². The van der Waals surface area contributed by atoms with Crippen LogP contribution < -0.4 is 14.8 Å². The standard InChI is InChI=1S/C28H23F4N3O3/c1-17-4-3-5-21(10-17)38-16-19-11-18(6-8-25(19)37-2)7-9-26(36)34-20-13-33-35(14-20)15-22-23(29)12-24(30)28(32)27(22)31/h3-14H,15-16H2,1-2H3,(H,34,36)/b9-7+. The number of carbonyl (C=O) groups is 1. The molecule has 3 aromatic carbocycles. The van der Waals surface area contributed by atoms with E-state index in [9.17, 15) is 22.4 Å². The highest BCUT2D eigenvalue weighted by atomic mass is 19.2. The molecule has 4 aromatic rings. The maximum Gasteiger partial charge on any atom is 0.248 e. The molecule has 0 bridgehead atoms. The Kier molecular flexibility index (Phi) is 8.10. The Hall–Kier alpha value is -4.60. The average Bonchev–Trinajstić information content (AvgIpc) is 3.34. The summed E-state index contributed by atoms with van der Waals surface area (Å²) in [7, 11) is 1.56. The first kappa shape index (κ1) is 26.5. The molecule has 0 saturated carbocycles. The van der Waals surface area contributed by atoms with Gasteiger partial charge < -0.3 is 14.8 Å². The van der Waals surface area contributed by atoms with Gasteiger partial charge in [0, 0.05) is 29.5 Å². The van der Waals surface area contributed by atoms with Crippen molar-refractivity contribution >= 4 is 17.7 Å². The number of methoxy groups -OCH3 is 1. The molecule has 0 aliphatic rings. The second-order valence-corrected chi connectivity index (χ2v) is 8.37. The summed E-state index contributed by atoms with van der Waals surface area (Å²) in [6, 6.07) is 13.3. The van der Waals surface area contributed by atoms with E-state index in [0.717, 1.165) is 27.1 Å². The Morgan fingerprint density at radius 3 is 2.63 bits per heavy atom. The summed E-state index contributed by atoms with van der Waals surface area (Å²) in [5.74, 6) is -5.38. The van der Waals surface area contributed by atoms with Crippen molar-refractivity contribution in [2.45, 2.75) is 20.1 Å². The van der Waals surface area contributed by atoms with Crippen LogP contribution in [0.5, 0.6) is 11.5 Å². The summed E-state index contributed by atoms with van der Waals surface area (Å²) in [5, 5.41) is 6.48. The molecule has 0 radical (unpaired) electrons. The highest BCUT2D eigenvalue weighted by Gasteiger charge is 2.19. The topological polar surface area (TPSA) is 65.4 Å². The molecule has 1 heterocycles. The van der Waals surface area contributed by atoms with E-state index >= 15 is 0 Å². The molecule has 6 nitrogen and oxygen atoms in total. The summed E-state index contributed by atoms with van der Waals surface area (Å²) in [6.45, 7) is 1.74. The SMILES string of the molecule is COc1ccc(/C=C/C(=O)Nc2cnn(Cc3c(F)cc(F)c(F)c3F)c2)cc1COc1cccc(C)c1. The Morgan fingerprint density at radius 2 is 1.87 bits per heavy atom. The van der Waals surface area contributed by atoms with Crippen LogP contribution in [-0.4, -0.2) is 22.8 Å². The highest BCUT2D eigenvalue weighted by molar-refractivity contribution is 6.01. The molecule has 10 heteroatoms. The van der Waals surface area contributed by atoms with Crippen molar-refractivity contribution < 1.29 is 31.8 Å². The predicted octanol–water partition coefficient (Wildman–Crippen LogP) is 6.04. The number of ether oxygens (including phenoxy) is 2. The van der Waals surface area contributed by atoms with Crippen LogP contribution in [-0.2, 0) is 17.9 Å². The first-order valence-corrected chi connectivity index (χ1v) is 11.4. The van der Waals surface area contributed by atoms with E-state index in [0.29, 0.717) is 5.75 Å². The minimum absolute atomic E-state index is 0.241. The lowest BCUT2D eigenvalue weighted by Crippen LogP contribution is -2.09. The van der Waals surface area contributed by atoms with Gasteiger partial charge in [-0.1, -0.05) is 18.2 Å². The van der Waals surface area contributed by atoms with Crippen molar-refractivity contribution in [3.8, 4) is 11.5 Å². The number of hydrogen-bond acceptors (Lipinski definition) is 4. The molecule has 38 heavy (non-hydrogen) atoms. The molecule has 0 aliphatic heterocycles. The quantitative estimate of drug-likeness (QED) is 0.125. The Morgan fingerprint density at radius 1 is 1.05 bits per heavy atom. The Labute approximate surface area is 216 Å². The molecular formula is C28H23F4N3O3. The zero-order chi connectivity index (χ0) is 27.2. The maximum atomic E-state index is 13.9. The van der Waals surface area contributed by atoms with Gasteiger partial charge >= 0.3 is 0 Å². The van der Waals surface area contributed by atoms with Crippen LogP contribution in [0.15, 0.2) is 67.0 Å². The average molecular weight is 526 g/mol. The summed E-state index contributed by atoms with van der Waals surface area (Å²) in [4.78, 5) is 12.4. The first-order valence-electron chi connectivity index (χ1n) is 11.4. The highest BCUT2D eigenvalue weighted by Crippen LogP contribution is 2.24. The molecule has 0 spiro atoms. The monoisotopic (exact) mass is 525 g/mol. The molecule has 0 aliphatic carbocycles.